The molecule has 6 nitrogen and oxygen atoms in total. The molecular formula is C24H28N2O4. The van der Waals surface area contributed by atoms with Gasteiger partial charge in [-0.3, -0.25) is 0 Å². The maximum absolute atomic E-state index is 12.7. The van der Waals surface area contributed by atoms with Crippen molar-refractivity contribution >= 4 is 12.0 Å². The van der Waals surface area contributed by atoms with Crippen molar-refractivity contribution in [3.8, 4) is 11.5 Å². The van der Waals surface area contributed by atoms with Gasteiger partial charge in [-0.25, -0.2) is 9.59 Å². The van der Waals surface area contributed by atoms with Crippen molar-refractivity contribution in [3.63, 3.8) is 0 Å². The predicted molar refractivity (Wildman–Crippen MR) is 115 cm³/mol. The molecule has 1 aliphatic rings. The largest absolute Gasteiger partial charge is 0.459 e. The highest BCUT2D eigenvalue weighted by atomic mass is 16.5. The number of allylic oxidation sites excluding steroid dienone is 1. The molecule has 1 unspecified atom stereocenters. The fraction of sp³-hybridized carbons (Fsp3) is 0.333. The number of hydrogen-bond donors (Lipinski definition) is 2. The first-order valence-corrected chi connectivity index (χ1v) is 10.1. The van der Waals surface area contributed by atoms with Crippen LogP contribution in [0.4, 0.5) is 4.79 Å². The topological polar surface area (TPSA) is 76.7 Å². The van der Waals surface area contributed by atoms with Gasteiger partial charge in [-0.15, -0.1) is 0 Å². The second kappa shape index (κ2) is 9.03. The van der Waals surface area contributed by atoms with E-state index in [9.17, 15) is 9.59 Å². The summed E-state index contributed by atoms with van der Waals surface area (Å²) in [5.41, 5.74) is 4.14. The third-order valence-electron chi connectivity index (χ3n) is 5.00. The Hall–Kier alpha value is -3.28. The number of carbonyl (C=O) groups excluding carboxylic acids is 2. The molecule has 158 valence electrons. The highest BCUT2D eigenvalue weighted by Crippen LogP contribution is 2.31. The van der Waals surface area contributed by atoms with Gasteiger partial charge >= 0.3 is 12.0 Å². The average Bonchev–Trinajstić information content (AvgIpc) is 2.70. The van der Waals surface area contributed by atoms with Crippen molar-refractivity contribution < 1.29 is 19.1 Å². The Morgan fingerprint density at radius 1 is 1.03 bits per heavy atom. The Morgan fingerprint density at radius 3 is 2.30 bits per heavy atom. The molecule has 6 heteroatoms. The SMILES string of the molecule is CCC1=C(C(=O)OC(C)C)C(c2ccc(Oc3ccc(C)c(C)c3)cc2)NC(=O)N1. The molecule has 1 heterocycles. The summed E-state index contributed by atoms with van der Waals surface area (Å²) in [6, 6.07) is 12.4. The lowest BCUT2D eigenvalue weighted by molar-refractivity contribution is -0.143. The Balaban J connectivity index is 1.87. The van der Waals surface area contributed by atoms with Crippen LogP contribution in [0.25, 0.3) is 0 Å². The maximum atomic E-state index is 12.7. The molecule has 1 aliphatic heterocycles. The number of amides is 2. The molecule has 0 bridgehead atoms. The number of ether oxygens (including phenoxy) is 2. The monoisotopic (exact) mass is 408 g/mol. The highest BCUT2D eigenvalue weighted by molar-refractivity contribution is 5.95. The molecule has 0 saturated carbocycles. The molecule has 2 N–H and O–H groups in total. The van der Waals surface area contributed by atoms with Crippen LogP contribution in [0.3, 0.4) is 0 Å². The summed E-state index contributed by atoms with van der Waals surface area (Å²) in [7, 11) is 0. The predicted octanol–water partition coefficient (Wildman–Crippen LogP) is 5.07. The molecule has 0 saturated heterocycles. The van der Waals surface area contributed by atoms with E-state index >= 15 is 0 Å². The average molecular weight is 408 g/mol. The van der Waals surface area contributed by atoms with Gasteiger partial charge in [0.05, 0.1) is 17.7 Å². The third kappa shape index (κ3) is 4.82. The molecule has 2 aromatic rings. The number of aryl methyl sites for hydroxylation is 2. The van der Waals surface area contributed by atoms with Crippen LogP contribution < -0.4 is 15.4 Å². The number of carbonyl (C=O) groups is 2. The number of hydrogen-bond acceptors (Lipinski definition) is 4. The van der Waals surface area contributed by atoms with E-state index in [0.717, 1.165) is 16.9 Å². The van der Waals surface area contributed by atoms with Crippen molar-refractivity contribution in [1.29, 1.82) is 0 Å². The van der Waals surface area contributed by atoms with Crippen molar-refractivity contribution in [2.45, 2.75) is 53.2 Å². The van der Waals surface area contributed by atoms with Crippen molar-refractivity contribution in [3.05, 3.63) is 70.4 Å². The molecule has 0 aromatic heterocycles. The van der Waals surface area contributed by atoms with Gasteiger partial charge in [-0.1, -0.05) is 25.1 Å². The van der Waals surface area contributed by atoms with Crippen LogP contribution in [0.15, 0.2) is 53.7 Å². The number of nitrogens with one attached hydrogen (secondary N) is 2. The van der Waals surface area contributed by atoms with E-state index < -0.39 is 12.0 Å². The van der Waals surface area contributed by atoms with Gasteiger partial charge in [0.25, 0.3) is 0 Å². The molecule has 30 heavy (non-hydrogen) atoms. The first-order valence-electron chi connectivity index (χ1n) is 10.1. The quantitative estimate of drug-likeness (QED) is 0.655. The Kier molecular flexibility index (Phi) is 6.45. The number of benzene rings is 2. The molecule has 0 spiro atoms. The normalized spacial score (nSPS) is 16.2. The minimum absolute atomic E-state index is 0.255. The lowest BCUT2D eigenvalue weighted by Crippen LogP contribution is -2.46. The van der Waals surface area contributed by atoms with E-state index in [1.54, 1.807) is 13.8 Å². The first kappa shape index (κ1) is 21.4. The summed E-state index contributed by atoms with van der Waals surface area (Å²) in [5, 5.41) is 5.56. The minimum atomic E-state index is -0.587. The van der Waals surface area contributed by atoms with Crippen LogP contribution in [0.5, 0.6) is 11.5 Å². The Bertz CT molecular complexity index is 977. The maximum Gasteiger partial charge on any atom is 0.338 e. The lowest BCUT2D eigenvalue weighted by atomic mass is 9.94. The molecule has 0 fully saturated rings. The molecule has 3 rings (SSSR count). The highest BCUT2D eigenvalue weighted by Gasteiger charge is 2.33. The molecule has 0 radical (unpaired) electrons. The molecule has 1 atom stereocenters. The Morgan fingerprint density at radius 2 is 1.70 bits per heavy atom. The van der Waals surface area contributed by atoms with E-state index in [2.05, 4.69) is 17.6 Å². The number of urea groups is 1. The second-order valence-corrected chi connectivity index (χ2v) is 7.65. The second-order valence-electron chi connectivity index (χ2n) is 7.65. The fourth-order valence-corrected chi connectivity index (χ4v) is 3.31. The summed E-state index contributed by atoms with van der Waals surface area (Å²) in [6.45, 7) is 9.59. The summed E-state index contributed by atoms with van der Waals surface area (Å²) in [4.78, 5) is 24.9. The van der Waals surface area contributed by atoms with Gasteiger partial charge in [0.1, 0.15) is 11.5 Å². The number of rotatable bonds is 6. The van der Waals surface area contributed by atoms with Gasteiger partial charge < -0.3 is 20.1 Å². The van der Waals surface area contributed by atoms with Crippen molar-refractivity contribution in [2.75, 3.05) is 0 Å². The van der Waals surface area contributed by atoms with Crippen LogP contribution in [0.2, 0.25) is 0 Å². The van der Waals surface area contributed by atoms with Crippen molar-refractivity contribution in [2.24, 2.45) is 0 Å². The summed E-state index contributed by atoms with van der Waals surface area (Å²) in [6.07, 6.45) is 0.260. The van der Waals surface area contributed by atoms with Crippen LogP contribution in [-0.4, -0.2) is 18.1 Å². The van der Waals surface area contributed by atoms with E-state index in [-0.39, 0.29) is 12.1 Å². The molecule has 0 aliphatic carbocycles. The van der Waals surface area contributed by atoms with Gasteiger partial charge in [-0.05, 0) is 75.1 Å². The standard InChI is InChI=1S/C24H28N2O4/c1-6-20-21(23(27)29-14(2)3)22(26-24(28)25-20)17-8-11-18(12-9-17)30-19-10-7-15(4)16(5)13-19/h7-14,22H,6H2,1-5H3,(H2,25,26,28). The van der Waals surface area contributed by atoms with Crippen LogP contribution >= 0.6 is 0 Å². The van der Waals surface area contributed by atoms with Gasteiger partial charge in [0.2, 0.25) is 0 Å². The fourth-order valence-electron chi connectivity index (χ4n) is 3.31. The summed E-state index contributed by atoms with van der Waals surface area (Å²) in [5.74, 6) is 0.999. The third-order valence-corrected chi connectivity index (χ3v) is 5.00. The molecular weight excluding hydrogens is 380 g/mol. The van der Waals surface area contributed by atoms with Crippen LogP contribution in [0.1, 0.15) is 49.9 Å². The Labute approximate surface area is 177 Å². The van der Waals surface area contributed by atoms with Gasteiger partial charge in [0.15, 0.2) is 0 Å². The van der Waals surface area contributed by atoms with E-state index in [1.807, 2.05) is 56.3 Å². The van der Waals surface area contributed by atoms with E-state index in [4.69, 9.17) is 9.47 Å². The smallest absolute Gasteiger partial charge is 0.338 e. The van der Waals surface area contributed by atoms with E-state index in [1.165, 1.54) is 5.56 Å². The lowest BCUT2D eigenvalue weighted by Gasteiger charge is -2.29. The summed E-state index contributed by atoms with van der Waals surface area (Å²) < 4.78 is 11.4. The zero-order chi connectivity index (χ0) is 21.8. The van der Waals surface area contributed by atoms with Gasteiger partial charge in [0, 0.05) is 5.70 Å². The van der Waals surface area contributed by atoms with Crippen LogP contribution in [0, 0.1) is 13.8 Å². The van der Waals surface area contributed by atoms with Crippen molar-refractivity contribution in [1.82, 2.24) is 10.6 Å². The summed E-state index contributed by atoms with van der Waals surface area (Å²) >= 11 is 0. The minimum Gasteiger partial charge on any atom is -0.459 e. The molecule has 2 amide bonds. The first-order chi connectivity index (χ1) is 14.3. The molecule has 2 aromatic carbocycles. The van der Waals surface area contributed by atoms with Gasteiger partial charge in [-0.2, -0.15) is 0 Å². The van der Waals surface area contributed by atoms with E-state index in [0.29, 0.717) is 23.4 Å². The van der Waals surface area contributed by atoms with Crippen LogP contribution in [-0.2, 0) is 9.53 Å². The zero-order valence-corrected chi connectivity index (χ0v) is 18.0. The zero-order valence-electron chi connectivity index (χ0n) is 18.0. The number of esters is 1.